The third-order valence-electron chi connectivity index (χ3n) is 4.45. The van der Waals surface area contributed by atoms with Crippen LogP contribution in [0.3, 0.4) is 0 Å². The minimum Gasteiger partial charge on any atom is -0.495 e. The second-order valence-corrected chi connectivity index (χ2v) is 6.34. The minimum absolute atomic E-state index is 0.129. The molecule has 0 aromatic carbocycles. The van der Waals surface area contributed by atoms with Crippen molar-refractivity contribution in [1.29, 1.82) is 0 Å². The summed E-state index contributed by atoms with van der Waals surface area (Å²) in [6.45, 7) is 1.97. The van der Waals surface area contributed by atoms with Crippen LogP contribution >= 0.6 is 0 Å². The molecule has 9 nitrogen and oxygen atoms in total. The van der Waals surface area contributed by atoms with Gasteiger partial charge in [-0.2, -0.15) is 9.97 Å². The average Bonchev–Trinajstić information content (AvgIpc) is 3.32. The molecule has 0 spiro atoms. The predicted molar refractivity (Wildman–Crippen MR) is 93.1 cm³/mol. The predicted octanol–water partition coefficient (Wildman–Crippen LogP) is 1.91. The van der Waals surface area contributed by atoms with Gasteiger partial charge in [0.25, 0.3) is 5.89 Å². The van der Waals surface area contributed by atoms with Gasteiger partial charge in [-0.1, -0.05) is 5.16 Å². The van der Waals surface area contributed by atoms with Crippen LogP contribution in [0.4, 0.5) is 0 Å². The van der Waals surface area contributed by atoms with Gasteiger partial charge in [0.1, 0.15) is 23.7 Å². The lowest BCUT2D eigenvalue weighted by Gasteiger charge is -2.08. The normalized spacial score (nSPS) is 18.3. The maximum Gasteiger partial charge on any atom is 0.252 e. The van der Waals surface area contributed by atoms with Crippen molar-refractivity contribution >= 4 is 0 Å². The van der Waals surface area contributed by atoms with E-state index in [1.165, 1.54) is 0 Å². The number of aliphatic hydroxyl groups is 1. The molecule has 1 N–H and O–H groups in total. The number of ether oxygens (including phenoxy) is 2. The quantitative estimate of drug-likeness (QED) is 0.666. The van der Waals surface area contributed by atoms with E-state index in [2.05, 4.69) is 25.1 Å². The molecule has 3 heterocycles. The van der Waals surface area contributed by atoms with Gasteiger partial charge in [0.2, 0.25) is 11.7 Å². The van der Waals surface area contributed by atoms with Crippen molar-refractivity contribution < 1.29 is 19.1 Å². The molecule has 1 fully saturated rings. The largest absolute Gasteiger partial charge is 0.495 e. The second kappa shape index (κ2) is 7.28. The molecule has 1 saturated carbocycles. The van der Waals surface area contributed by atoms with Crippen LogP contribution in [0.2, 0.25) is 0 Å². The molecule has 140 valence electrons. The highest BCUT2D eigenvalue weighted by Gasteiger charge is 2.40. The van der Waals surface area contributed by atoms with Crippen LogP contribution in [0.25, 0.3) is 11.4 Å². The number of pyridine rings is 1. The zero-order chi connectivity index (χ0) is 18.8. The van der Waals surface area contributed by atoms with E-state index in [4.69, 9.17) is 19.1 Å². The highest BCUT2D eigenvalue weighted by molar-refractivity contribution is 5.59. The minimum atomic E-state index is -0.325. The Labute approximate surface area is 155 Å². The van der Waals surface area contributed by atoms with Gasteiger partial charge in [0.15, 0.2) is 0 Å². The Bertz CT molecular complexity index is 928. The van der Waals surface area contributed by atoms with Gasteiger partial charge in [0, 0.05) is 23.7 Å². The van der Waals surface area contributed by atoms with Gasteiger partial charge in [-0.15, -0.1) is 0 Å². The van der Waals surface area contributed by atoms with Crippen molar-refractivity contribution in [3.8, 4) is 23.0 Å². The number of aliphatic hydroxyl groups excluding tert-OH is 1. The molecular formula is C18H19N5O4. The second-order valence-electron chi connectivity index (χ2n) is 6.34. The van der Waals surface area contributed by atoms with Crippen LogP contribution in [0.5, 0.6) is 11.6 Å². The van der Waals surface area contributed by atoms with Crippen molar-refractivity contribution in [3.63, 3.8) is 0 Å². The molecule has 1 aliphatic carbocycles. The number of aromatic nitrogens is 5. The molecule has 0 amide bonds. The summed E-state index contributed by atoms with van der Waals surface area (Å²) in [5.74, 6) is 2.89. The summed E-state index contributed by atoms with van der Waals surface area (Å²) in [6.07, 6.45) is 4.33. The Kier molecular flexibility index (Phi) is 4.68. The van der Waals surface area contributed by atoms with E-state index in [0.717, 1.165) is 17.9 Å². The van der Waals surface area contributed by atoms with Crippen molar-refractivity contribution in [2.45, 2.75) is 25.9 Å². The summed E-state index contributed by atoms with van der Waals surface area (Å²) >= 11 is 0. The number of hydrogen-bond acceptors (Lipinski definition) is 9. The van der Waals surface area contributed by atoms with E-state index in [0.29, 0.717) is 41.5 Å². The highest BCUT2D eigenvalue weighted by atomic mass is 16.5. The number of hydrogen-bond donors (Lipinski definition) is 1. The van der Waals surface area contributed by atoms with Crippen LogP contribution < -0.4 is 9.47 Å². The SMILES string of the molecule is COc1ccc([C@H]2C[C@@H]2COc2nc(C)ncc2-c2noc(CO)n2)nc1. The molecule has 27 heavy (non-hydrogen) atoms. The molecule has 4 rings (SSSR count). The van der Waals surface area contributed by atoms with Gasteiger partial charge in [-0.25, -0.2) is 4.98 Å². The van der Waals surface area contributed by atoms with Gasteiger partial charge >= 0.3 is 0 Å². The van der Waals surface area contributed by atoms with E-state index in [1.807, 2.05) is 12.1 Å². The molecular weight excluding hydrogens is 350 g/mol. The molecule has 0 aliphatic heterocycles. The fraction of sp³-hybridized carbons (Fsp3) is 0.389. The molecule has 0 bridgehead atoms. The first kappa shape index (κ1) is 17.3. The molecule has 0 unspecified atom stereocenters. The third kappa shape index (κ3) is 3.72. The molecule has 2 atom stereocenters. The fourth-order valence-electron chi connectivity index (χ4n) is 2.85. The lowest BCUT2D eigenvalue weighted by molar-refractivity contribution is 0.222. The van der Waals surface area contributed by atoms with E-state index in [9.17, 15) is 0 Å². The molecule has 3 aromatic rings. The molecule has 0 radical (unpaired) electrons. The number of rotatable bonds is 7. The fourth-order valence-corrected chi connectivity index (χ4v) is 2.85. The Morgan fingerprint density at radius 3 is 2.81 bits per heavy atom. The zero-order valence-electron chi connectivity index (χ0n) is 15.0. The van der Waals surface area contributed by atoms with Gasteiger partial charge in [-0.3, -0.25) is 4.98 Å². The molecule has 9 heteroatoms. The lowest BCUT2D eigenvalue weighted by atomic mass is 10.2. The Hall–Kier alpha value is -3.07. The van der Waals surface area contributed by atoms with Gasteiger partial charge < -0.3 is 19.1 Å². The number of aryl methyl sites for hydroxylation is 1. The van der Waals surface area contributed by atoms with E-state index in [-0.39, 0.29) is 12.5 Å². The van der Waals surface area contributed by atoms with Crippen LogP contribution in [0.1, 0.15) is 29.7 Å². The smallest absolute Gasteiger partial charge is 0.252 e. The summed E-state index contributed by atoms with van der Waals surface area (Å²) in [4.78, 5) is 17.1. The number of nitrogens with zero attached hydrogens (tertiary/aromatic N) is 5. The lowest BCUT2D eigenvalue weighted by Crippen LogP contribution is -2.06. The monoisotopic (exact) mass is 369 g/mol. The standard InChI is InChI=1S/C18H19N5O4/c1-10-19-7-14(17-22-16(8-24)27-23-17)18(21-10)26-9-11-5-13(11)15-4-3-12(25-2)6-20-15/h3-4,6-7,11,13,24H,5,8-9H2,1-2H3/t11-,13+/m1/s1. The topological polar surface area (TPSA) is 116 Å². The van der Waals surface area contributed by atoms with Crippen molar-refractivity contribution in [3.05, 3.63) is 41.9 Å². The molecule has 1 aliphatic rings. The Morgan fingerprint density at radius 1 is 1.22 bits per heavy atom. The Morgan fingerprint density at radius 2 is 2.11 bits per heavy atom. The summed E-state index contributed by atoms with van der Waals surface area (Å²) < 4.78 is 16.0. The first-order valence-electron chi connectivity index (χ1n) is 8.58. The van der Waals surface area contributed by atoms with Crippen LogP contribution in [-0.4, -0.2) is 43.9 Å². The summed E-state index contributed by atoms with van der Waals surface area (Å²) in [6, 6.07) is 3.90. The molecule has 0 saturated heterocycles. The van der Waals surface area contributed by atoms with Gasteiger partial charge in [0.05, 0.1) is 19.9 Å². The van der Waals surface area contributed by atoms with Crippen LogP contribution in [-0.2, 0) is 6.61 Å². The van der Waals surface area contributed by atoms with Crippen LogP contribution in [0.15, 0.2) is 29.0 Å². The maximum absolute atomic E-state index is 9.09. The van der Waals surface area contributed by atoms with Crippen LogP contribution in [0, 0.1) is 12.8 Å². The van der Waals surface area contributed by atoms with Crippen molar-refractivity contribution in [1.82, 2.24) is 25.1 Å². The summed E-state index contributed by atoms with van der Waals surface area (Å²) in [5, 5.41) is 12.9. The van der Waals surface area contributed by atoms with Crippen molar-refractivity contribution in [2.24, 2.45) is 5.92 Å². The van der Waals surface area contributed by atoms with E-state index >= 15 is 0 Å². The Balaban J connectivity index is 1.44. The van der Waals surface area contributed by atoms with Gasteiger partial charge in [-0.05, 0) is 25.5 Å². The van der Waals surface area contributed by atoms with E-state index < -0.39 is 0 Å². The maximum atomic E-state index is 9.09. The highest BCUT2D eigenvalue weighted by Crippen LogP contribution is 2.47. The first-order chi connectivity index (χ1) is 13.2. The third-order valence-corrected chi connectivity index (χ3v) is 4.45. The van der Waals surface area contributed by atoms with Crippen molar-refractivity contribution in [2.75, 3.05) is 13.7 Å². The first-order valence-corrected chi connectivity index (χ1v) is 8.58. The summed E-state index contributed by atoms with van der Waals surface area (Å²) in [5.41, 5.74) is 1.57. The molecule has 3 aromatic heterocycles. The van der Waals surface area contributed by atoms with E-state index in [1.54, 1.807) is 26.4 Å². The number of methoxy groups -OCH3 is 1. The summed E-state index contributed by atoms with van der Waals surface area (Å²) in [7, 11) is 1.62. The average molecular weight is 369 g/mol. The zero-order valence-corrected chi connectivity index (χ0v) is 15.0.